The maximum Gasteiger partial charge on any atom is 0.165 e. The molecule has 0 unspecified atom stereocenters. The van der Waals surface area contributed by atoms with Crippen LogP contribution in [-0.2, 0) is 0 Å². The van der Waals surface area contributed by atoms with Crippen molar-refractivity contribution in [2.24, 2.45) is 0 Å². The van der Waals surface area contributed by atoms with Gasteiger partial charge in [-0.1, -0.05) is 0 Å². The van der Waals surface area contributed by atoms with E-state index in [-0.39, 0.29) is 23.1 Å². The number of nitrogens with zero attached hydrogens (tertiary/aromatic N) is 3. The molecule has 1 heterocycles. The third-order valence-corrected chi connectivity index (χ3v) is 2.35. The van der Waals surface area contributed by atoms with E-state index in [1.807, 2.05) is 6.07 Å². The van der Waals surface area contributed by atoms with Crippen LogP contribution >= 0.6 is 0 Å². The van der Waals surface area contributed by atoms with Crippen molar-refractivity contribution >= 4 is 5.82 Å². The molecular weight excluding hydrogens is 247 g/mol. The van der Waals surface area contributed by atoms with Crippen molar-refractivity contribution in [3.8, 4) is 23.2 Å². The molecule has 6 heteroatoms. The Morgan fingerprint density at radius 3 is 2.79 bits per heavy atom. The third kappa shape index (κ3) is 2.77. The monoisotopic (exact) mass is 258 g/mol. The molecule has 1 aromatic carbocycles. The Labute approximate surface area is 109 Å². The Hall–Kier alpha value is -2.68. The van der Waals surface area contributed by atoms with Crippen LogP contribution in [0.4, 0.5) is 10.2 Å². The van der Waals surface area contributed by atoms with Crippen molar-refractivity contribution in [3.63, 3.8) is 0 Å². The van der Waals surface area contributed by atoms with E-state index in [0.717, 1.165) is 0 Å². The van der Waals surface area contributed by atoms with Crippen LogP contribution in [0.1, 0.15) is 12.6 Å². The van der Waals surface area contributed by atoms with E-state index in [4.69, 9.17) is 15.7 Å². The molecule has 0 atom stereocenters. The molecule has 0 bridgehead atoms. The first kappa shape index (κ1) is 12.8. The number of nitrogens with two attached hydrogens (primary N) is 1. The second-order valence-electron chi connectivity index (χ2n) is 3.69. The highest BCUT2D eigenvalue weighted by atomic mass is 19.1. The van der Waals surface area contributed by atoms with Gasteiger partial charge in [-0.3, -0.25) is 0 Å². The summed E-state index contributed by atoms with van der Waals surface area (Å²) >= 11 is 0. The summed E-state index contributed by atoms with van der Waals surface area (Å²) in [5.41, 5.74) is 6.14. The molecule has 5 nitrogen and oxygen atoms in total. The summed E-state index contributed by atoms with van der Waals surface area (Å²) in [6.45, 7) is 2.15. The van der Waals surface area contributed by atoms with Crippen molar-refractivity contribution < 1.29 is 9.13 Å². The van der Waals surface area contributed by atoms with Gasteiger partial charge in [-0.15, -0.1) is 0 Å². The van der Waals surface area contributed by atoms with Crippen molar-refractivity contribution in [1.82, 2.24) is 9.97 Å². The number of nitrogen functional groups attached to an aromatic ring is 1. The number of nitriles is 1. The average molecular weight is 258 g/mol. The lowest BCUT2D eigenvalue weighted by Crippen LogP contribution is -1.99. The summed E-state index contributed by atoms with van der Waals surface area (Å²) in [6.07, 6.45) is 0. The number of hydrogen-bond acceptors (Lipinski definition) is 5. The average Bonchev–Trinajstić information content (AvgIpc) is 2.40. The van der Waals surface area contributed by atoms with Gasteiger partial charge in [0.1, 0.15) is 17.6 Å². The van der Waals surface area contributed by atoms with E-state index >= 15 is 0 Å². The van der Waals surface area contributed by atoms with Crippen LogP contribution in [0.2, 0.25) is 0 Å². The number of rotatable bonds is 3. The van der Waals surface area contributed by atoms with Crippen LogP contribution < -0.4 is 10.5 Å². The van der Waals surface area contributed by atoms with E-state index in [2.05, 4.69) is 9.97 Å². The van der Waals surface area contributed by atoms with Crippen molar-refractivity contribution in [2.45, 2.75) is 6.92 Å². The molecule has 0 radical (unpaired) electrons. The predicted octanol–water partition coefficient (Wildman–Crippen LogP) is 2.14. The highest BCUT2D eigenvalue weighted by Crippen LogP contribution is 2.24. The van der Waals surface area contributed by atoms with Crippen molar-refractivity contribution in [2.75, 3.05) is 12.3 Å². The third-order valence-electron chi connectivity index (χ3n) is 2.35. The first-order valence-electron chi connectivity index (χ1n) is 5.61. The fourth-order valence-electron chi connectivity index (χ4n) is 1.56. The molecule has 0 amide bonds. The van der Waals surface area contributed by atoms with Crippen LogP contribution in [0.25, 0.3) is 11.4 Å². The van der Waals surface area contributed by atoms with Gasteiger partial charge in [-0.25, -0.2) is 14.4 Å². The number of halogens is 1. The van der Waals surface area contributed by atoms with Crippen molar-refractivity contribution in [3.05, 3.63) is 35.8 Å². The lowest BCUT2D eigenvalue weighted by molar-refractivity contribution is 0.321. The van der Waals surface area contributed by atoms with E-state index in [9.17, 15) is 4.39 Å². The number of anilines is 1. The van der Waals surface area contributed by atoms with E-state index < -0.39 is 5.82 Å². The van der Waals surface area contributed by atoms with Crippen LogP contribution in [-0.4, -0.2) is 16.6 Å². The highest BCUT2D eigenvalue weighted by Gasteiger charge is 2.09. The molecule has 0 aliphatic carbocycles. The lowest BCUT2D eigenvalue weighted by atomic mass is 10.2. The van der Waals surface area contributed by atoms with Crippen molar-refractivity contribution in [1.29, 1.82) is 5.26 Å². The molecular formula is C13H11FN4O. The van der Waals surface area contributed by atoms with Gasteiger partial charge in [-0.2, -0.15) is 5.26 Å². The zero-order chi connectivity index (χ0) is 13.8. The Bertz CT molecular complexity index is 652. The SMILES string of the molecule is CCOc1ccc(-c2nc(N)cc(C#N)n2)cc1F. The Balaban J connectivity index is 2.45. The van der Waals surface area contributed by atoms with Gasteiger partial charge in [0.2, 0.25) is 0 Å². The van der Waals surface area contributed by atoms with Gasteiger partial charge in [-0.05, 0) is 25.1 Å². The fraction of sp³-hybridized carbons (Fsp3) is 0.154. The smallest absolute Gasteiger partial charge is 0.165 e. The van der Waals surface area contributed by atoms with Gasteiger partial charge in [0.25, 0.3) is 0 Å². The Morgan fingerprint density at radius 2 is 2.16 bits per heavy atom. The molecule has 19 heavy (non-hydrogen) atoms. The molecule has 0 aliphatic heterocycles. The second-order valence-corrected chi connectivity index (χ2v) is 3.69. The molecule has 0 spiro atoms. The molecule has 0 aliphatic rings. The van der Waals surface area contributed by atoms with E-state index in [1.165, 1.54) is 18.2 Å². The van der Waals surface area contributed by atoms with Crippen LogP contribution in [0.5, 0.6) is 5.75 Å². The maximum absolute atomic E-state index is 13.7. The topological polar surface area (TPSA) is 84.8 Å². The number of ether oxygens (including phenoxy) is 1. The summed E-state index contributed by atoms with van der Waals surface area (Å²) in [7, 11) is 0. The largest absolute Gasteiger partial charge is 0.491 e. The van der Waals surface area contributed by atoms with E-state index in [0.29, 0.717) is 12.2 Å². The predicted molar refractivity (Wildman–Crippen MR) is 67.7 cm³/mol. The standard InChI is InChI=1S/C13H11FN4O/c1-2-19-11-4-3-8(5-10(11)14)13-17-9(7-15)6-12(16)18-13/h3-6H,2H2,1H3,(H2,16,17,18). The lowest BCUT2D eigenvalue weighted by Gasteiger charge is -2.06. The van der Waals surface area contributed by atoms with Gasteiger partial charge in [0.05, 0.1) is 6.61 Å². The molecule has 2 aromatic rings. The van der Waals surface area contributed by atoms with Gasteiger partial charge in [0.15, 0.2) is 17.4 Å². The summed E-state index contributed by atoms with van der Waals surface area (Å²) in [6, 6.07) is 7.59. The minimum absolute atomic E-state index is 0.136. The molecule has 96 valence electrons. The number of hydrogen-bond donors (Lipinski definition) is 1. The fourth-order valence-corrected chi connectivity index (χ4v) is 1.56. The summed E-state index contributed by atoms with van der Waals surface area (Å²) in [5.74, 6) is 0.0221. The Kier molecular flexibility index (Phi) is 3.57. The minimum atomic E-state index is -0.510. The minimum Gasteiger partial charge on any atom is -0.491 e. The second kappa shape index (κ2) is 5.31. The van der Waals surface area contributed by atoms with Gasteiger partial charge >= 0.3 is 0 Å². The molecule has 2 rings (SSSR count). The highest BCUT2D eigenvalue weighted by molar-refractivity contribution is 5.59. The van der Waals surface area contributed by atoms with Crippen LogP contribution in [0.15, 0.2) is 24.3 Å². The molecule has 0 saturated heterocycles. The zero-order valence-electron chi connectivity index (χ0n) is 10.2. The van der Waals surface area contributed by atoms with Gasteiger partial charge < -0.3 is 10.5 Å². The number of aromatic nitrogens is 2. The van der Waals surface area contributed by atoms with Gasteiger partial charge in [0, 0.05) is 11.6 Å². The Morgan fingerprint density at radius 1 is 1.37 bits per heavy atom. The summed E-state index contributed by atoms with van der Waals surface area (Å²) in [5, 5.41) is 8.81. The molecule has 0 fully saturated rings. The molecule has 0 saturated carbocycles. The first-order valence-corrected chi connectivity index (χ1v) is 5.61. The molecule has 1 aromatic heterocycles. The van der Waals surface area contributed by atoms with E-state index in [1.54, 1.807) is 13.0 Å². The molecule has 2 N–H and O–H groups in total. The number of benzene rings is 1. The van der Waals surface area contributed by atoms with Crippen LogP contribution in [0.3, 0.4) is 0 Å². The normalized spacial score (nSPS) is 9.95. The van der Waals surface area contributed by atoms with Crippen LogP contribution in [0, 0.1) is 17.1 Å². The maximum atomic E-state index is 13.7. The first-order chi connectivity index (χ1) is 9.13. The summed E-state index contributed by atoms with van der Waals surface area (Å²) < 4.78 is 18.8. The quantitative estimate of drug-likeness (QED) is 0.911. The zero-order valence-corrected chi connectivity index (χ0v) is 10.2. The summed E-state index contributed by atoms with van der Waals surface area (Å²) in [4.78, 5) is 7.96.